The lowest BCUT2D eigenvalue weighted by atomic mass is 9.97. The number of fused-ring (bicyclic) bond motifs is 7. The van der Waals surface area contributed by atoms with Gasteiger partial charge in [0, 0.05) is 44.2 Å². The van der Waals surface area contributed by atoms with Crippen LogP contribution in [0.4, 0.5) is 17.1 Å². The fourth-order valence-electron chi connectivity index (χ4n) is 9.63. The third-order valence-corrected chi connectivity index (χ3v) is 12.3. The first-order chi connectivity index (χ1) is 30.3. The molecule has 0 spiro atoms. The quantitative estimate of drug-likeness (QED) is 0.157. The molecule has 0 bridgehead atoms. The number of para-hydroxylation sites is 7. The summed E-state index contributed by atoms with van der Waals surface area (Å²) in [6, 6.07) is 85.9. The van der Waals surface area contributed by atoms with E-state index in [-0.39, 0.29) is 0 Å². The van der Waals surface area contributed by atoms with Crippen LogP contribution < -0.4 is 4.90 Å². The van der Waals surface area contributed by atoms with Crippen molar-refractivity contribution in [1.82, 2.24) is 9.13 Å². The molecule has 12 aromatic rings. The molecule has 0 aliphatic heterocycles. The molecule has 0 unspecified atom stereocenters. The van der Waals surface area contributed by atoms with Crippen molar-refractivity contribution >= 4 is 71.4 Å². The van der Waals surface area contributed by atoms with Crippen LogP contribution >= 0.6 is 0 Å². The molecule has 2 heterocycles. The molecule has 3 nitrogen and oxygen atoms in total. The Balaban J connectivity index is 1.07. The van der Waals surface area contributed by atoms with E-state index in [0.29, 0.717) is 0 Å². The maximum absolute atomic E-state index is 2.43. The summed E-state index contributed by atoms with van der Waals surface area (Å²) in [6.45, 7) is 0. The summed E-state index contributed by atoms with van der Waals surface area (Å²) < 4.78 is 4.85. The zero-order chi connectivity index (χ0) is 40.3. The van der Waals surface area contributed by atoms with Gasteiger partial charge in [0.2, 0.25) is 0 Å². The Morgan fingerprint density at radius 2 is 0.852 bits per heavy atom. The van der Waals surface area contributed by atoms with Crippen LogP contribution in [-0.2, 0) is 0 Å². The Bertz CT molecular complexity index is 3530. The molecule has 0 radical (unpaired) electrons. The average Bonchev–Trinajstić information content (AvgIpc) is 3.86. The molecular formula is C58H39N3. The molecule has 61 heavy (non-hydrogen) atoms. The summed E-state index contributed by atoms with van der Waals surface area (Å²) in [4.78, 5) is 2.43. The fourth-order valence-corrected chi connectivity index (χ4v) is 9.63. The summed E-state index contributed by atoms with van der Waals surface area (Å²) in [7, 11) is 0. The van der Waals surface area contributed by atoms with Crippen molar-refractivity contribution in [2.45, 2.75) is 0 Å². The average molecular weight is 778 g/mol. The molecule has 0 amide bonds. The predicted octanol–water partition coefficient (Wildman–Crippen LogP) is 15.8. The Labute approximate surface area is 354 Å². The third-order valence-electron chi connectivity index (χ3n) is 12.3. The van der Waals surface area contributed by atoms with Crippen molar-refractivity contribution < 1.29 is 0 Å². The summed E-state index contributed by atoms with van der Waals surface area (Å²) in [5.41, 5.74) is 15.0. The van der Waals surface area contributed by atoms with E-state index >= 15 is 0 Å². The number of hydrogen-bond acceptors (Lipinski definition) is 1. The molecule has 0 fully saturated rings. The van der Waals surface area contributed by atoms with Crippen molar-refractivity contribution in [2.24, 2.45) is 0 Å². The van der Waals surface area contributed by atoms with Gasteiger partial charge in [0.15, 0.2) is 0 Å². The lowest BCUT2D eigenvalue weighted by molar-refractivity contribution is 1.15. The van der Waals surface area contributed by atoms with Crippen molar-refractivity contribution in [3.63, 3.8) is 0 Å². The van der Waals surface area contributed by atoms with E-state index in [1.807, 2.05) is 0 Å². The smallest absolute Gasteiger partial charge is 0.0702 e. The van der Waals surface area contributed by atoms with E-state index in [1.54, 1.807) is 0 Å². The molecule has 0 saturated heterocycles. The number of hydrogen-bond donors (Lipinski definition) is 0. The Kier molecular flexibility index (Phi) is 8.17. The molecular weight excluding hydrogens is 739 g/mol. The van der Waals surface area contributed by atoms with Crippen LogP contribution in [0.2, 0.25) is 0 Å². The fraction of sp³-hybridized carbons (Fsp3) is 0. The van der Waals surface area contributed by atoms with Crippen LogP contribution in [0.25, 0.3) is 88.0 Å². The molecule has 0 N–H and O–H groups in total. The Hall–Kier alpha value is -8.14. The molecule has 12 rings (SSSR count). The maximum atomic E-state index is 2.43. The van der Waals surface area contributed by atoms with Gasteiger partial charge in [0.1, 0.15) is 0 Å². The van der Waals surface area contributed by atoms with Gasteiger partial charge >= 0.3 is 0 Å². The van der Waals surface area contributed by atoms with Gasteiger partial charge < -0.3 is 14.0 Å². The highest BCUT2D eigenvalue weighted by atomic mass is 15.2. The van der Waals surface area contributed by atoms with Crippen molar-refractivity contribution in [1.29, 1.82) is 0 Å². The SMILES string of the molecule is c1ccc(-n2c3ccccc3c3cccc(-c4ccc(N(c5cccc(-c6cccc7ccccc67)c5)c5ccccc5-n5c6ccccc6c6ccccc65)cc4)c32)cc1. The molecule has 0 aliphatic rings. The third kappa shape index (κ3) is 5.66. The summed E-state index contributed by atoms with van der Waals surface area (Å²) in [5, 5.41) is 7.45. The van der Waals surface area contributed by atoms with Gasteiger partial charge in [-0.3, -0.25) is 0 Å². The number of aromatic nitrogens is 2. The molecule has 10 aromatic carbocycles. The van der Waals surface area contributed by atoms with Crippen molar-refractivity contribution in [2.75, 3.05) is 4.90 Å². The Morgan fingerprint density at radius 1 is 0.311 bits per heavy atom. The lowest BCUT2D eigenvalue weighted by Gasteiger charge is -2.29. The largest absolute Gasteiger partial charge is 0.309 e. The highest BCUT2D eigenvalue weighted by molar-refractivity contribution is 6.14. The highest BCUT2D eigenvalue weighted by Crippen LogP contribution is 2.44. The predicted molar refractivity (Wildman–Crippen MR) is 258 cm³/mol. The van der Waals surface area contributed by atoms with Gasteiger partial charge in [-0.15, -0.1) is 0 Å². The van der Waals surface area contributed by atoms with Crippen molar-refractivity contribution in [3.8, 4) is 33.6 Å². The lowest BCUT2D eigenvalue weighted by Crippen LogP contribution is -2.13. The first-order valence-corrected chi connectivity index (χ1v) is 20.9. The monoisotopic (exact) mass is 777 g/mol. The first kappa shape index (κ1) is 34.9. The van der Waals surface area contributed by atoms with Gasteiger partial charge in [-0.1, -0.05) is 170 Å². The van der Waals surface area contributed by atoms with E-state index in [4.69, 9.17) is 0 Å². The number of rotatable bonds is 7. The zero-order valence-electron chi connectivity index (χ0n) is 33.4. The molecule has 0 atom stereocenters. The minimum Gasteiger partial charge on any atom is -0.309 e. The van der Waals surface area contributed by atoms with Gasteiger partial charge in [0.05, 0.1) is 33.4 Å². The van der Waals surface area contributed by atoms with E-state index in [9.17, 15) is 0 Å². The Morgan fingerprint density at radius 3 is 1.61 bits per heavy atom. The van der Waals surface area contributed by atoms with Gasteiger partial charge in [-0.05, 0) is 94.2 Å². The zero-order valence-corrected chi connectivity index (χ0v) is 33.4. The highest BCUT2D eigenvalue weighted by Gasteiger charge is 2.22. The molecule has 286 valence electrons. The van der Waals surface area contributed by atoms with Crippen LogP contribution in [0.15, 0.2) is 237 Å². The minimum absolute atomic E-state index is 1.07. The van der Waals surface area contributed by atoms with E-state index in [0.717, 1.165) is 34.0 Å². The summed E-state index contributed by atoms with van der Waals surface area (Å²) >= 11 is 0. The van der Waals surface area contributed by atoms with Crippen LogP contribution in [0.1, 0.15) is 0 Å². The van der Waals surface area contributed by atoms with Crippen LogP contribution in [0, 0.1) is 0 Å². The molecule has 2 aromatic heterocycles. The van der Waals surface area contributed by atoms with E-state index in [1.165, 1.54) is 71.1 Å². The topological polar surface area (TPSA) is 13.1 Å². The van der Waals surface area contributed by atoms with Crippen molar-refractivity contribution in [3.05, 3.63) is 237 Å². The van der Waals surface area contributed by atoms with Crippen LogP contribution in [-0.4, -0.2) is 9.13 Å². The first-order valence-electron chi connectivity index (χ1n) is 20.9. The van der Waals surface area contributed by atoms with Gasteiger partial charge in [-0.2, -0.15) is 0 Å². The van der Waals surface area contributed by atoms with Crippen LogP contribution in [0.3, 0.4) is 0 Å². The molecule has 0 saturated carbocycles. The van der Waals surface area contributed by atoms with Crippen LogP contribution in [0.5, 0.6) is 0 Å². The number of nitrogens with zero attached hydrogens (tertiary/aromatic N) is 3. The van der Waals surface area contributed by atoms with E-state index in [2.05, 4.69) is 251 Å². The summed E-state index contributed by atoms with van der Waals surface area (Å²) in [6.07, 6.45) is 0. The number of anilines is 3. The second-order valence-electron chi connectivity index (χ2n) is 15.7. The second-order valence-corrected chi connectivity index (χ2v) is 15.7. The van der Waals surface area contributed by atoms with E-state index < -0.39 is 0 Å². The minimum atomic E-state index is 1.07. The van der Waals surface area contributed by atoms with Gasteiger partial charge in [0.25, 0.3) is 0 Å². The number of benzene rings is 10. The van der Waals surface area contributed by atoms with Gasteiger partial charge in [-0.25, -0.2) is 0 Å². The standard InChI is InChI=1S/C58H39N3/c1-2-20-43(21-3-1)60-53-30-9-8-26-51(53)52-29-16-28-48(58(52)60)41-35-37-44(38-36-41)59(45-22-14-19-42(39-45)47-27-15-18-40-17-4-5-23-46(40)47)56-33-12-13-34-57(56)61-54-31-10-6-24-49(54)50-25-7-11-32-55(50)61/h1-39H. The maximum Gasteiger partial charge on any atom is 0.0702 e. The molecule has 0 aliphatic carbocycles. The summed E-state index contributed by atoms with van der Waals surface area (Å²) in [5.74, 6) is 0. The normalized spacial score (nSPS) is 11.6. The second kappa shape index (κ2) is 14.3. The molecule has 3 heteroatoms.